The van der Waals surface area contributed by atoms with Crippen molar-refractivity contribution in [2.45, 2.75) is 13.8 Å². The number of aromatic nitrogens is 4. The van der Waals surface area contributed by atoms with Gasteiger partial charge in [-0.05, 0) is 31.5 Å². The fraction of sp³-hybridized carbons (Fsp3) is 0.133. The van der Waals surface area contributed by atoms with Crippen molar-refractivity contribution >= 4 is 37.7 Å². The first-order valence-electron chi connectivity index (χ1n) is 12.4. The van der Waals surface area contributed by atoms with Gasteiger partial charge < -0.3 is 4.90 Å². The number of rotatable bonds is 6. The van der Waals surface area contributed by atoms with Crippen molar-refractivity contribution in [3.05, 3.63) is 101 Å². The molecule has 0 aliphatic heterocycles. The molecule has 0 amide bonds. The Balaban J connectivity index is 1.78. The van der Waals surface area contributed by atoms with Crippen LogP contribution in [-0.4, -0.2) is 32.8 Å². The highest BCUT2D eigenvalue weighted by molar-refractivity contribution is 7.25. The summed E-state index contributed by atoms with van der Waals surface area (Å²) in [5.41, 5.74) is 5.07. The van der Waals surface area contributed by atoms with Gasteiger partial charge >= 0.3 is 0 Å². The molecule has 0 aliphatic rings. The number of para-hydroxylation sites is 1. The number of fused-ring (bicyclic) bond motifs is 3. The number of benzene rings is 3. The predicted molar refractivity (Wildman–Crippen MR) is 153 cm³/mol. The Kier molecular flexibility index (Phi) is 5.98. The van der Waals surface area contributed by atoms with Gasteiger partial charge in [-0.1, -0.05) is 78.9 Å². The third kappa shape index (κ3) is 3.88. The van der Waals surface area contributed by atoms with E-state index in [1.807, 2.05) is 78.9 Å². The summed E-state index contributed by atoms with van der Waals surface area (Å²) in [6.45, 7) is 5.61. The maximum atomic E-state index is 14.1. The third-order valence-corrected chi connectivity index (χ3v) is 7.62. The van der Waals surface area contributed by atoms with Crippen LogP contribution < -0.4 is 10.5 Å². The fourth-order valence-corrected chi connectivity index (χ4v) is 5.78. The highest BCUT2D eigenvalue weighted by Crippen LogP contribution is 2.41. The zero-order chi connectivity index (χ0) is 25.4. The smallest absolute Gasteiger partial charge is 0.277 e. The maximum absolute atomic E-state index is 14.1. The molecule has 0 radical (unpaired) electrons. The number of nitrogens with zero attached hydrogens (tertiary/aromatic N) is 5. The highest BCUT2D eigenvalue weighted by Gasteiger charge is 2.24. The molecule has 182 valence electrons. The van der Waals surface area contributed by atoms with Gasteiger partial charge in [-0.3, -0.25) is 4.79 Å². The fourth-order valence-electron chi connectivity index (χ4n) is 4.78. The number of anilines is 1. The summed E-state index contributed by atoms with van der Waals surface area (Å²) in [6, 6.07) is 29.9. The molecule has 6 aromatic rings. The van der Waals surface area contributed by atoms with Gasteiger partial charge in [0.15, 0.2) is 0 Å². The third-order valence-electron chi connectivity index (χ3n) is 6.57. The molecule has 3 heterocycles. The van der Waals surface area contributed by atoms with Crippen LogP contribution in [0.5, 0.6) is 0 Å². The lowest BCUT2D eigenvalue weighted by Gasteiger charge is -2.23. The van der Waals surface area contributed by atoms with E-state index in [-0.39, 0.29) is 5.56 Å². The summed E-state index contributed by atoms with van der Waals surface area (Å²) in [5, 5.41) is 10.1. The van der Waals surface area contributed by atoms with E-state index in [1.165, 1.54) is 11.3 Å². The first-order valence-corrected chi connectivity index (χ1v) is 13.2. The first-order chi connectivity index (χ1) is 18.2. The Labute approximate surface area is 218 Å². The second kappa shape index (κ2) is 9.59. The van der Waals surface area contributed by atoms with Gasteiger partial charge in [-0.2, -0.15) is 0 Å². The van der Waals surface area contributed by atoms with Gasteiger partial charge in [0, 0.05) is 29.6 Å². The second-order valence-electron chi connectivity index (χ2n) is 8.68. The molecule has 7 heteroatoms. The SMILES string of the molecule is CCN(CC)c1nc2c(sc3nnc(-c4ccccc4)c(-c4ccccc4)c32)c(=O)n1-c1ccccc1. The van der Waals surface area contributed by atoms with Gasteiger partial charge in [0.05, 0.1) is 5.69 Å². The van der Waals surface area contributed by atoms with E-state index in [0.29, 0.717) is 21.0 Å². The monoisotopic (exact) mass is 503 g/mol. The maximum Gasteiger partial charge on any atom is 0.277 e. The molecule has 37 heavy (non-hydrogen) atoms. The zero-order valence-corrected chi connectivity index (χ0v) is 21.4. The van der Waals surface area contributed by atoms with E-state index >= 15 is 0 Å². The lowest BCUT2D eigenvalue weighted by molar-refractivity contribution is 0.788. The van der Waals surface area contributed by atoms with Crippen LogP contribution in [0.25, 0.3) is 48.5 Å². The van der Waals surface area contributed by atoms with Crippen LogP contribution in [0.1, 0.15) is 13.8 Å². The van der Waals surface area contributed by atoms with E-state index in [0.717, 1.165) is 46.5 Å². The Morgan fingerprint density at radius 3 is 2.00 bits per heavy atom. The highest BCUT2D eigenvalue weighted by atomic mass is 32.1. The molecule has 0 saturated carbocycles. The zero-order valence-electron chi connectivity index (χ0n) is 20.6. The minimum absolute atomic E-state index is 0.0960. The average Bonchev–Trinajstić information content (AvgIpc) is 3.34. The molecule has 0 fully saturated rings. The Morgan fingerprint density at radius 2 is 1.38 bits per heavy atom. The number of thiophene rings is 1. The lowest BCUT2D eigenvalue weighted by atomic mass is 9.97. The van der Waals surface area contributed by atoms with Crippen molar-refractivity contribution in [2.75, 3.05) is 18.0 Å². The summed E-state index contributed by atoms with van der Waals surface area (Å²) >= 11 is 1.36. The van der Waals surface area contributed by atoms with Crippen LogP contribution in [0.4, 0.5) is 5.95 Å². The van der Waals surface area contributed by atoms with Gasteiger partial charge in [-0.15, -0.1) is 21.5 Å². The van der Waals surface area contributed by atoms with Gasteiger partial charge in [0.1, 0.15) is 20.7 Å². The predicted octanol–water partition coefficient (Wildman–Crippen LogP) is 6.57. The number of hydrogen-bond donors (Lipinski definition) is 0. The average molecular weight is 504 g/mol. The molecule has 3 aromatic heterocycles. The van der Waals surface area contributed by atoms with Gasteiger partial charge in [0.25, 0.3) is 5.56 Å². The van der Waals surface area contributed by atoms with Gasteiger partial charge in [-0.25, -0.2) is 9.55 Å². The van der Waals surface area contributed by atoms with Crippen molar-refractivity contribution in [3.8, 4) is 28.1 Å². The molecular weight excluding hydrogens is 478 g/mol. The Bertz CT molecular complexity index is 1760. The quantitative estimate of drug-likeness (QED) is 0.257. The molecule has 0 atom stereocenters. The molecule has 0 saturated heterocycles. The van der Waals surface area contributed by atoms with Crippen LogP contribution in [0, 0.1) is 0 Å². The Morgan fingerprint density at radius 1 is 0.784 bits per heavy atom. The van der Waals surface area contributed by atoms with E-state index in [2.05, 4.69) is 41.1 Å². The molecule has 0 spiro atoms. The van der Waals surface area contributed by atoms with E-state index in [1.54, 1.807) is 4.57 Å². The Hall–Kier alpha value is -4.36. The molecule has 0 N–H and O–H groups in total. The van der Waals surface area contributed by atoms with E-state index in [4.69, 9.17) is 4.98 Å². The van der Waals surface area contributed by atoms with E-state index in [9.17, 15) is 4.79 Å². The topological polar surface area (TPSA) is 63.9 Å². The molecule has 6 nitrogen and oxygen atoms in total. The van der Waals surface area contributed by atoms with Crippen molar-refractivity contribution in [3.63, 3.8) is 0 Å². The van der Waals surface area contributed by atoms with Crippen molar-refractivity contribution in [2.24, 2.45) is 0 Å². The second-order valence-corrected chi connectivity index (χ2v) is 9.67. The molecule has 0 unspecified atom stereocenters. The summed E-state index contributed by atoms with van der Waals surface area (Å²) in [7, 11) is 0. The van der Waals surface area contributed by atoms with Crippen molar-refractivity contribution in [1.82, 2.24) is 19.7 Å². The van der Waals surface area contributed by atoms with Crippen LogP contribution in [0.2, 0.25) is 0 Å². The first kappa shape index (κ1) is 23.1. The van der Waals surface area contributed by atoms with Crippen LogP contribution in [0.3, 0.4) is 0 Å². The molecular formula is C30H25N5OS. The summed E-state index contributed by atoms with van der Waals surface area (Å²) < 4.78 is 2.30. The number of hydrogen-bond acceptors (Lipinski definition) is 6. The van der Waals surface area contributed by atoms with Crippen molar-refractivity contribution < 1.29 is 0 Å². The summed E-state index contributed by atoms with van der Waals surface area (Å²) in [4.78, 5) is 22.1. The summed E-state index contributed by atoms with van der Waals surface area (Å²) in [5.74, 6) is 0.630. The van der Waals surface area contributed by atoms with E-state index < -0.39 is 0 Å². The minimum Gasteiger partial charge on any atom is -0.342 e. The standard InChI is InChI=1S/C30H25N5OS/c1-3-34(4-2)30-31-26-24-23(20-14-8-5-9-15-20)25(21-16-10-6-11-17-21)32-33-28(24)37-27(26)29(36)35(30)22-18-12-7-13-19-22/h5-19H,3-4H2,1-2H3. The molecule has 0 aliphatic carbocycles. The largest absolute Gasteiger partial charge is 0.342 e. The van der Waals surface area contributed by atoms with Crippen LogP contribution in [-0.2, 0) is 0 Å². The van der Waals surface area contributed by atoms with Crippen LogP contribution in [0.15, 0.2) is 95.8 Å². The van der Waals surface area contributed by atoms with Gasteiger partial charge in [0.2, 0.25) is 5.95 Å². The van der Waals surface area contributed by atoms with Crippen molar-refractivity contribution in [1.29, 1.82) is 0 Å². The molecule has 0 bridgehead atoms. The van der Waals surface area contributed by atoms with Crippen LogP contribution >= 0.6 is 11.3 Å². The summed E-state index contributed by atoms with van der Waals surface area (Å²) in [6.07, 6.45) is 0. The molecule has 6 rings (SSSR count). The normalized spacial score (nSPS) is 11.3. The molecule has 3 aromatic carbocycles. The minimum atomic E-state index is -0.0960. The lowest BCUT2D eigenvalue weighted by Crippen LogP contribution is -2.31.